The Balaban J connectivity index is 0. The van der Waals surface area contributed by atoms with Crippen molar-refractivity contribution in [3.05, 3.63) is 0 Å². The fourth-order valence-corrected chi connectivity index (χ4v) is 6.35. The topological polar surface area (TPSA) is 81.9 Å². The summed E-state index contributed by atoms with van der Waals surface area (Å²) in [6.07, 6.45) is 38.3. The first kappa shape index (κ1) is 50.0. The van der Waals surface area contributed by atoms with Crippen LogP contribution >= 0.6 is 0 Å². The number of rotatable bonds is 39. The lowest BCUT2D eigenvalue weighted by Crippen LogP contribution is -2.28. The van der Waals surface area contributed by atoms with Gasteiger partial charge < -0.3 is 20.1 Å². The van der Waals surface area contributed by atoms with E-state index in [0.29, 0.717) is 19.5 Å². The number of unbranched alkanes of at least 4 members (excludes halogenated alkanes) is 22. The number of esters is 1. The third-order valence-corrected chi connectivity index (χ3v) is 9.63. The smallest absolute Gasteiger partial charge is 0.305 e. The first-order chi connectivity index (χ1) is 24.1. The van der Waals surface area contributed by atoms with E-state index >= 15 is 0 Å². The molecule has 6 heteroatoms. The molecule has 0 amide bonds. The second kappa shape index (κ2) is 44.9. The summed E-state index contributed by atoms with van der Waals surface area (Å²) >= 11 is 0. The lowest BCUT2D eigenvalue weighted by Gasteiger charge is -2.22. The fraction of sp³-hybridized carbons (Fsp3) is 0.953. The van der Waals surface area contributed by atoms with Crippen LogP contribution < -0.4 is 5.73 Å². The molecule has 0 aromatic rings. The van der Waals surface area contributed by atoms with Crippen molar-refractivity contribution in [2.24, 2.45) is 5.73 Å². The molecule has 0 aliphatic heterocycles. The molecule has 0 aliphatic rings. The van der Waals surface area contributed by atoms with Crippen molar-refractivity contribution in [3.63, 3.8) is 0 Å². The zero-order chi connectivity index (χ0) is 36.3. The Morgan fingerprint density at radius 3 is 1.39 bits per heavy atom. The highest BCUT2D eigenvalue weighted by atomic mass is 16.5. The van der Waals surface area contributed by atoms with Gasteiger partial charge >= 0.3 is 5.97 Å². The van der Waals surface area contributed by atoms with Gasteiger partial charge in [-0.15, -0.1) is 0 Å². The Bertz CT molecular complexity index is 633. The summed E-state index contributed by atoms with van der Waals surface area (Å²) < 4.78 is 10.5. The molecule has 0 saturated heterocycles. The van der Waals surface area contributed by atoms with Crippen molar-refractivity contribution in [2.75, 3.05) is 32.8 Å². The molecule has 0 spiro atoms. The lowest BCUT2D eigenvalue weighted by molar-refractivity contribution is -0.144. The lowest BCUT2D eigenvalue weighted by atomic mass is 10.0. The van der Waals surface area contributed by atoms with Crippen molar-refractivity contribution in [2.45, 2.75) is 233 Å². The van der Waals surface area contributed by atoms with Crippen LogP contribution in [-0.2, 0) is 19.1 Å². The summed E-state index contributed by atoms with van der Waals surface area (Å²) in [6.45, 7) is 14.6. The number of hydrogen-bond donors (Lipinski definition) is 1. The summed E-state index contributed by atoms with van der Waals surface area (Å²) in [5, 5.41) is 0. The Kier molecular flexibility index (Phi) is 45.8. The van der Waals surface area contributed by atoms with Crippen LogP contribution in [0.25, 0.3) is 0 Å². The van der Waals surface area contributed by atoms with Gasteiger partial charge in [0.15, 0.2) is 0 Å². The first-order valence-corrected chi connectivity index (χ1v) is 21.8. The van der Waals surface area contributed by atoms with E-state index in [1.807, 2.05) is 0 Å². The molecule has 0 saturated carbocycles. The number of ether oxygens (including phenoxy) is 2. The Hall–Kier alpha value is -1.14. The van der Waals surface area contributed by atoms with E-state index in [1.54, 1.807) is 0 Å². The van der Waals surface area contributed by atoms with Crippen LogP contribution in [-0.4, -0.2) is 56.2 Å². The van der Waals surface area contributed by atoms with E-state index in [9.17, 15) is 9.59 Å². The zero-order valence-corrected chi connectivity index (χ0v) is 33.8. The average Bonchev–Trinajstić information content (AvgIpc) is 3.11. The van der Waals surface area contributed by atoms with Gasteiger partial charge in [-0.3, -0.25) is 9.59 Å². The summed E-state index contributed by atoms with van der Waals surface area (Å²) in [5.74, 6) is 0.00267. The molecule has 6 nitrogen and oxygen atoms in total. The van der Waals surface area contributed by atoms with Crippen LogP contribution in [0, 0.1) is 0 Å². The molecule has 294 valence electrons. The van der Waals surface area contributed by atoms with E-state index in [4.69, 9.17) is 15.2 Å². The Labute approximate surface area is 307 Å². The highest BCUT2D eigenvalue weighted by Crippen LogP contribution is 2.15. The minimum Gasteiger partial charge on any atom is -0.466 e. The van der Waals surface area contributed by atoms with E-state index in [-0.39, 0.29) is 12.1 Å². The van der Waals surface area contributed by atoms with E-state index in [2.05, 4.69) is 32.6 Å². The van der Waals surface area contributed by atoms with E-state index in [1.165, 1.54) is 167 Å². The third-order valence-electron chi connectivity index (χ3n) is 9.63. The van der Waals surface area contributed by atoms with Crippen molar-refractivity contribution in [1.29, 1.82) is 0 Å². The van der Waals surface area contributed by atoms with Crippen molar-refractivity contribution < 1.29 is 19.1 Å². The van der Waals surface area contributed by atoms with Crippen LogP contribution in [0.5, 0.6) is 0 Å². The van der Waals surface area contributed by atoms with Crippen LogP contribution in [0.4, 0.5) is 0 Å². The van der Waals surface area contributed by atoms with Gasteiger partial charge in [-0.25, -0.2) is 0 Å². The summed E-state index contributed by atoms with van der Waals surface area (Å²) in [7, 11) is 0. The maximum Gasteiger partial charge on any atom is 0.305 e. The summed E-state index contributed by atoms with van der Waals surface area (Å²) in [6, 6.07) is 0. The summed E-state index contributed by atoms with van der Waals surface area (Å²) in [5.41, 5.74) is 5.72. The molecule has 0 rings (SSSR count). The first-order valence-electron chi connectivity index (χ1n) is 21.8. The van der Waals surface area contributed by atoms with Crippen LogP contribution in [0.1, 0.15) is 227 Å². The van der Waals surface area contributed by atoms with Crippen LogP contribution in [0.15, 0.2) is 0 Å². The fourth-order valence-electron chi connectivity index (χ4n) is 6.35. The van der Waals surface area contributed by atoms with Crippen LogP contribution in [0.2, 0.25) is 0 Å². The molecular formula is C43H88N2O4. The predicted octanol–water partition coefficient (Wildman–Crippen LogP) is 12.5. The molecule has 1 atom stereocenters. The minimum absolute atomic E-state index is 0.00267. The molecule has 0 aromatic heterocycles. The number of nitrogens with two attached hydrogens (primary N) is 1. The average molecular weight is 697 g/mol. The van der Waals surface area contributed by atoms with Gasteiger partial charge in [0.25, 0.3) is 6.47 Å². The highest BCUT2D eigenvalue weighted by Gasteiger charge is 2.09. The standard InChI is InChI=1S/C28H58N2O2.C15H30O2/c1-3-5-7-9-11-16-20-27-32-28(31)22-17-13-12-15-19-25-30(26-21-23-29)24-18-14-10-8-6-4-2;1-3-5-7-9-11-13-15(17-14-16)12-10-8-6-4-2/h3-27,29H2,1-2H3;14-15H,3-13H2,1-2H3. The second-order valence-corrected chi connectivity index (χ2v) is 14.5. The number of carbonyl (C=O) groups excluding carboxylic acids is 2. The molecule has 0 heterocycles. The highest BCUT2D eigenvalue weighted by molar-refractivity contribution is 5.69. The molecule has 2 N–H and O–H groups in total. The molecule has 0 aromatic carbocycles. The number of carbonyl (C=O) groups is 2. The maximum atomic E-state index is 11.8. The molecule has 1 unspecified atom stereocenters. The monoisotopic (exact) mass is 697 g/mol. The third kappa shape index (κ3) is 42.9. The molecule has 0 radical (unpaired) electrons. The summed E-state index contributed by atoms with van der Waals surface area (Å²) in [4.78, 5) is 24.9. The number of nitrogens with zero attached hydrogens (tertiary/aromatic N) is 1. The van der Waals surface area contributed by atoms with Gasteiger partial charge in [0.05, 0.1) is 6.61 Å². The normalized spacial score (nSPS) is 11.7. The van der Waals surface area contributed by atoms with Gasteiger partial charge in [-0.1, -0.05) is 163 Å². The van der Waals surface area contributed by atoms with Crippen molar-refractivity contribution >= 4 is 12.4 Å². The molecule has 0 bridgehead atoms. The maximum absolute atomic E-state index is 11.8. The zero-order valence-electron chi connectivity index (χ0n) is 33.8. The largest absolute Gasteiger partial charge is 0.466 e. The van der Waals surface area contributed by atoms with Gasteiger partial charge in [0.1, 0.15) is 6.10 Å². The Morgan fingerprint density at radius 2 is 0.918 bits per heavy atom. The van der Waals surface area contributed by atoms with Crippen molar-refractivity contribution in [3.8, 4) is 0 Å². The predicted molar refractivity (Wildman–Crippen MR) is 213 cm³/mol. The molecule has 0 fully saturated rings. The van der Waals surface area contributed by atoms with Crippen LogP contribution in [0.3, 0.4) is 0 Å². The molecule has 49 heavy (non-hydrogen) atoms. The number of hydrogen-bond acceptors (Lipinski definition) is 6. The molecule has 0 aliphatic carbocycles. The van der Waals surface area contributed by atoms with Gasteiger partial charge in [-0.2, -0.15) is 0 Å². The molecular weight excluding hydrogens is 608 g/mol. The van der Waals surface area contributed by atoms with E-state index in [0.717, 1.165) is 51.6 Å². The second-order valence-electron chi connectivity index (χ2n) is 14.5. The van der Waals surface area contributed by atoms with Crippen molar-refractivity contribution in [1.82, 2.24) is 4.90 Å². The van der Waals surface area contributed by atoms with Gasteiger partial charge in [-0.05, 0) is 84.0 Å². The Morgan fingerprint density at radius 1 is 0.531 bits per heavy atom. The van der Waals surface area contributed by atoms with Gasteiger partial charge in [0, 0.05) is 6.42 Å². The quantitative estimate of drug-likeness (QED) is 0.0391. The SMILES string of the molecule is CCCCCCCC(CCCCCC)OC=O.CCCCCCCCCOC(=O)CCCCCCCN(CCCN)CCCCCCCC. The van der Waals surface area contributed by atoms with E-state index < -0.39 is 0 Å². The minimum atomic E-state index is 0.00267. The van der Waals surface area contributed by atoms with Gasteiger partial charge in [0.2, 0.25) is 0 Å².